The molecule has 3 heteroatoms. The summed E-state index contributed by atoms with van der Waals surface area (Å²) in [6.07, 6.45) is 1.32. The van der Waals surface area contributed by atoms with Gasteiger partial charge in [-0.2, -0.15) is 0 Å². The quantitative estimate of drug-likeness (QED) is 0.582. The van der Waals surface area contributed by atoms with Crippen LogP contribution in [0.5, 0.6) is 0 Å². The second kappa shape index (κ2) is 3.12. The van der Waals surface area contributed by atoms with Crippen molar-refractivity contribution >= 4 is 0 Å². The van der Waals surface area contributed by atoms with Crippen LogP contribution in [0.3, 0.4) is 0 Å². The highest BCUT2D eigenvalue weighted by atomic mass is 19.1. The molecule has 0 radical (unpaired) electrons. The summed E-state index contributed by atoms with van der Waals surface area (Å²) in [6.45, 7) is 0.773. The van der Waals surface area contributed by atoms with Gasteiger partial charge in [-0.25, -0.2) is 4.39 Å². The van der Waals surface area contributed by atoms with E-state index in [0.29, 0.717) is 19.3 Å². The zero-order valence-corrected chi connectivity index (χ0v) is 6.05. The number of hydrogen-bond acceptors (Lipinski definition) is 2. The maximum Gasteiger partial charge on any atom is 0.0872 e. The molecular weight excluding hydrogens is 133 g/mol. The Kier molecular flexibility index (Phi) is 2.40. The summed E-state index contributed by atoms with van der Waals surface area (Å²) < 4.78 is 11.9. The van der Waals surface area contributed by atoms with Crippen molar-refractivity contribution in [3.63, 3.8) is 0 Å². The molecule has 0 aliphatic carbocycles. The number of halogens is 1. The Hall–Kier alpha value is -0.410. The van der Waals surface area contributed by atoms with Gasteiger partial charge >= 0.3 is 0 Å². The number of aliphatic hydroxyl groups excluding tert-OH is 1. The summed E-state index contributed by atoms with van der Waals surface area (Å²) in [5, 5.41) is 8.76. The van der Waals surface area contributed by atoms with Gasteiger partial charge in [0.1, 0.15) is 0 Å². The number of hydrogen-bond donors (Lipinski definition) is 1. The summed E-state index contributed by atoms with van der Waals surface area (Å²) in [7, 11) is 1.89. The molecule has 1 fully saturated rings. The summed E-state index contributed by atoms with van der Waals surface area (Å²) in [4.78, 5) is 1.95. The smallest absolute Gasteiger partial charge is 0.0872 e. The van der Waals surface area contributed by atoms with E-state index >= 15 is 0 Å². The minimum atomic E-state index is 0.119. The largest absolute Gasteiger partial charge is 0.395 e. The van der Waals surface area contributed by atoms with Crippen molar-refractivity contribution in [1.82, 2.24) is 4.90 Å². The van der Waals surface area contributed by atoms with E-state index < -0.39 is 0 Å². The second-order valence-electron chi connectivity index (χ2n) is 2.72. The molecule has 1 saturated heterocycles. The molecule has 1 heterocycles. The van der Waals surface area contributed by atoms with E-state index in [2.05, 4.69) is 0 Å². The number of rotatable bonds is 1. The summed E-state index contributed by atoms with van der Waals surface area (Å²) in [6, 6.07) is 0.127. The van der Waals surface area contributed by atoms with Gasteiger partial charge in [0, 0.05) is 12.6 Å². The molecule has 1 atom stereocenters. The van der Waals surface area contributed by atoms with Crippen molar-refractivity contribution in [2.45, 2.75) is 12.5 Å². The number of aliphatic hydroxyl groups is 1. The average molecular weight is 145 g/mol. The van der Waals surface area contributed by atoms with E-state index in [9.17, 15) is 4.39 Å². The van der Waals surface area contributed by atoms with Gasteiger partial charge in [0.05, 0.1) is 12.9 Å². The Morgan fingerprint density at radius 1 is 1.90 bits per heavy atom. The summed E-state index contributed by atoms with van der Waals surface area (Å²) in [5.74, 6) is 0. The van der Waals surface area contributed by atoms with Crippen molar-refractivity contribution in [2.75, 3.05) is 20.2 Å². The first-order chi connectivity index (χ1) is 4.77. The third-order valence-corrected chi connectivity index (χ3v) is 1.94. The maximum absolute atomic E-state index is 11.9. The fourth-order valence-corrected chi connectivity index (χ4v) is 1.26. The lowest BCUT2D eigenvalue weighted by molar-refractivity contribution is 0.182. The molecule has 0 amide bonds. The van der Waals surface area contributed by atoms with Crippen molar-refractivity contribution in [1.29, 1.82) is 0 Å². The van der Waals surface area contributed by atoms with Crippen LogP contribution in [0.2, 0.25) is 0 Å². The van der Waals surface area contributed by atoms with Gasteiger partial charge in [0.15, 0.2) is 0 Å². The molecule has 0 bridgehead atoms. The van der Waals surface area contributed by atoms with Crippen LogP contribution in [0.1, 0.15) is 6.42 Å². The van der Waals surface area contributed by atoms with Crippen LogP contribution in [-0.4, -0.2) is 36.2 Å². The van der Waals surface area contributed by atoms with Crippen molar-refractivity contribution in [3.05, 3.63) is 11.9 Å². The monoisotopic (exact) mass is 145 g/mol. The molecule has 0 unspecified atom stereocenters. The topological polar surface area (TPSA) is 23.5 Å². The fraction of sp³-hybridized carbons (Fsp3) is 0.714. The van der Waals surface area contributed by atoms with Crippen molar-refractivity contribution in [2.24, 2.45) is 0 Å². The van der Waals surface area contributed by atoms with Gasteiger partial charge in [-0.05, 0) is 19.0 Å². The predicted molar refractivity (Wildman–Crippen MR) is 37.3 cm³/mol. The Balaban J connectivity index is 2.52. The highest BCUT2D eigenvalue weighted by Gasteiger charge is 2.23. The third kappa shape index (κ3) is 1.36. The van der Waals surface area contributed by atoms with E-state index in [1.54, 1.807) is 0 Å². The Morgan fingerprint density at radius 2 is 2.60 bits per heavy atom. The SMILES string of the molecule is CN1CC(=CF)C[C@@H]1CO. The molecular formula is C7H12FNO. The van der Waals surface area contributed by atoms with Crippen LogP contribution >= 0.6 is 0 Å². The molecule has 1 N–H and O–H groups in total. The molecule has 0 spiro atoms. The predicted octanol–water partition coefficient (Wildman–Crippen LogP) is 0.536. The molecule has 0 aromatic carbocycles. The van der Waals surface area contributed by atoms with Gasteiger partial charge in [0.2, 0.25) is 0 Å². The fourth-order valence-electron chi connectivity index (χ4n) is 1.26. The summed E-state index contributed by atoms with van der Waals surface area (Å²) >= 11 is 0. The van der Waals surface area contributed by atoms with Gasteiger partial charge in [0.25, 0.3) is 0 Å². The van der Waals surface area contributed by atoms with E-state index in [0.717, 1.165) is 5.57 Å². The maximum atomic E-state index is 11.9. The molecule has 0 aromatic rings. The number of likely N-dealkylation sites (N-methyl/N-ethyl adjacent to an activating group) is 1. The first-order valence-corrected chi connectivity index (χ1v) is 3.37. The van der Waals surface area contributed by atoms with Gasteiger partial charge in [-0.1, -0.05) is 0 Å². The molecule has 1 aliphatic heterocycles. The molecule has 0 aromatic heterocycles. The van der Waals surface area contributed by atoms with E-state index in [1.807, 2.05) is 11.9 Å². The highest BCUT2D eigenvalue weighted by molar-refractivity contribution is 5.09. The van der Waals surface area contributed by atoms with E-state index in [1.165, 1.54) is 0 Å². The number of likely N-dealkylation sites (tertiary alicyclic amines) is 1. The molecule has 1 aliphatic rings. The van der Waals surface area contributed by atoms with Gasteiger partial charge in [-0.15, -0.1) is 0 Å². The van der Waals surface area contributed by atoms with Gasteiger partial charge < -0.3 is 5.11 Å². The average Bonchev–Trinajstić information content (AvgIpc) is 2.30. The molecule has 1 rings (SSSR count). The van der Waals surface area contributed by atoms with E-state index in [-0.39, 0.29) is 12.6 Å². The van der Waals surface area contributed by atoms with Crippen molar-refractivity contribution in [3.8, 4) is 0 Å². The minimum absolute atomic E-state index is 0.119. The highest BCUT2D eigenvalue weighted by Crippen LogP contribution is 2.19. The molecule has 2 nitrogen and oxygen atoms in total. The zero-order valence-electron chi connectivity index (χ0n) is 6.05. The Labute approximate surface area is 60.0 Å². The molecule has 10 heavy (non-hydrogen) atoms. The van der Waals surface area contributed by atoms with Crippen molar-refractivity contribution < 1.29 is 9.50 Å². The molecule has 58 valence electrons. The van der Waals surface area contributed by atoms with Crippen LogP contribution in [-0.2, 0) is 0 Å². The molecule has 0 saturated carbocycles. The minimum Gasteiger partial charge on any atom is -0.395 e. The van der Waals surface area contributed by atoms with E-state index in [4.69, 9.17) is 5.11 Å². The van der Waals surface area contributed by atoms with Crippen LogP contribution in [0.15, 0.2) is 11.9 Å². The van der Waals surface area contributed by atoms with Crippen LogP contribution in [0.25, 0.3) is 0 Å². The van der Waals surface area contributed by atoms with Crippen LogP contribution < -0.4 is 0 Å². The standard InChI is InChI=1S/C7H12FNO/c1-9-4-6(3-8)2-7(9)5-10/h3,7,10H,2,4-5H2,1H3/t7-/m1/s1. The normalized spacial score (nSPS) is 31.9. The second-order valence-corrected chi connectivity index (χ2v) is 2.72. The zero-order chi connectivity index (χ0) is 7.56. The first kappa shape index (κ1) is 7.69. The third-order valence-electron chi connectivity index (χ3n) is 1.94. The summed E-state index contributed by atoms with van der Waals surface area (Å²) in [5.41, 5.74) is 0.779. The van der Waals surface area contributed by atoms with Crippen LogP contribution in [0, 0.1) is 0 Å². The Morgan fingerprint density at radius 3 is 2.90 bits per heavy atom. The number of nitrogens with zero attached hydrogens (tertiary/aromatic N) is 1. The van der Waals surface area contributed by atoms with Crippen LogP contribution in [0.4, 0.5) is 4.39 Å². The van der Waals surface area contributed by atoms with Gasteiger partial charge in [-0.3, -0.25) is 4.90 Å². The first-order valence-electron chi connectivity index (χ1n) is 3.37. The lowest BCUT2D eigenvalue weighted by atomic mass is 10.2. The lowest BCUT2D eigenvalue weighted by Crippen LogP contribution is -2.27. The lowest BCUT2D eigenvalue weighted by Gasteiger charge is -2.14. The Bertz CT molecular complexity index is 147.